The van der Waals surface area contributed by atoms with Crippen LogP contribution in [0.15, 0.2) is 18.2 Å². The minimum absolute atomic E-state index is 0.394. The first-order valence-corrected chi connectivity index (χ1v) is 12.3. The number of hydrogen-bond acceptors (Lipinski definition) is 6. The number of rotatable bonds is 11. The molecule has 1 aromatic rings. The maximum absolute atomic E-state index is 5.43. The SMILES string of the molecule is CCCC1C(CC)NC(C2CC(CCc3cc(OC)cc(OC)c3)NN2)N1C(C)CC. The van der Waals surface area contributed by atoms with Gasteiger partial charge in [-0.3, -0.25) is 21.1 Å². The normalized spacial score (nSPS) is 29.9. The summed E-state index contributed by atoms with van der Waals surface area (Å²) in [6.07, 6.45) is 8.52. The van der Waals surface area contributed by atoms with Crippen LogP contribution in [-0.2, 0) is 6.42 Å². The summed E-state index contributed by atoms with van der Waals surface area (Å²) in [7, 11) is 3.41. The number of aryl methyl sites for hydroxylation is 1. The van der Waals surface area contributed by atoms with Crippen molar-refractivity contribution >= 4 is 0 Å². The summed E-state index contributed by atoms with van der Waals surface area (Å²) in [6.45, 7) is 9.35. The first-order valence-electron chi connectivity index (χ1n) is 12.3. The van der Waals surface area contributed by atoms with Gasteiger partial charge in [0.1, 0.15) is 11.5 Å². The van der Waals surface area contributed by atoms with Gasteiger partial charge in [0.15, 0.2) is 0 Å². The standard InChI is InChI=1S/C25H44N4O2/c1-7-10-24-22(9-3)26-25(29(24)17(4)8-2)23-15-19(27-28-23)12-11-18-13-20(30-5)16-21(14-18)31-6/h13-14,16-17,19,22-28H,7-12,15H2,1-6H3. The third-order valence-electron chi connectivity index (χ3n) is 7.26. The van der Waals surface area contributed by atoms with Crippen LogP contribution >= 0.6 is 0 Å². The molecule has 1 aromatic carbocycles. The van der Waals surface area contributed by atoms with Crippen molar-refractivity contribution in [3.8, 4) is 11.5 Å². The van der Waals surface area contributed by atoms with Gasteiger partial charge < -0.3 is 9.47 Å². The summed E-state index contributed by atoms with van der Waals surface area (Å²) in [4.78, 5) is 2.78. The van der Waals surface area contributed by atoms with Gasteiger partial charge >= 0.3 is 0 Å². The van der Waals surface area contributed by atoms with Gasteiger partial charge in [-0.1, -0.05) is 27.2 Å². The molecule has 0 spiro atoms. The number of nitrogens with zero attached hydrogens (tertiary/aromatic N) is 1. The van der Waals surface area contributed by atoms with Gasteiger partial charge in [-0.25, -0.2) is 0 Å². The Kier molecular flexibility index (Phi) is 9.02. The van der Waals surface area contributed by atoms with Crippen molar-refractivity contribution in [3.63, 3.8) is 0 Å². The molecule has 2 heterocycles. The number of hydrazine groups is 1. The summed E-state index contributed by atoms with van der Waals surface area (Å²) in [6, 6.07) is 8.88. The van der Waals surface area contributed by atoms with Gasteiger partial charge in [0, 0.05) is 30.2 Å². The minimum atomic E-state index is 0.394. The topological polar surface area (TPSA) is 57.8 Å². The lowest BCUT2D eigenvalue weighted by Gasteiger charge is -2.37. The van der Waals surface area contributed by atoms with Gasteiger partial charge in [-0.05, 0) is 63.1 Å². The molecule has 31 heavy (non-hydrogen) atoms. The molecule has 0 bridgehead atoms. The van der Waals surface area contributed by atoms with Crippen LogP contribution in [-0.4, -0.2) is 55.5 Å². The highest BCUT2D eigenvalue weighted by molar-refractivity contribution is 5.38. The molecule has 0 aromatic heterocycles. The van der Waals surface area contributed by atoms with Crippen LogP contribution in [0.5, 0.6) is 11.5 Å². The van der Waals surface area contributed by atoms with Crippen molar-refractivity contribution in [2.75, 3.05) is 14.2 Å². The second-order valence-electron chi connectivity index (χ2n) is 9.27. The molecule has 6 nitrogen and oxygen atoms in total. The van der Waals surface area contributed by atoms with E-state index in [0.29, 0.717) is 36.4 Å². The van der Waals surface area contributed by atoms with Crippen molar-refractivity contribution < 1.29 is 9.47 Å². The zero-order valence-electron chi connectivity index (χ0n) is 20.4. The van der Waals surface area contributed by atoms with Gasteiger partial charge in [-0.15, -0.1) is 0 Å². The zero-order valence-corrected chi connectivity index (χ0v) is 20.4. The average molecular weight is 433 g/mol. The van der Waals surface area contributed by atoms with E-state index in [1.54, 1.807) is 14.2 Å². The van der Waals surface area contributed by atoms with Crippen LogP contribution in [0.4, 0.5) is 0 Å². The fourth-order valence-electron chi connectivity index (χ4n) is 5.40. The molecule has 0 amide bonds. The van der Waals surface area contributed by atoms with Crippen molar-refractivity contribution in [1.82, 2.24) is 21.1 Å². The molecule has 2 aliphatic rings. The van der Waals surface area contributed by atoms with E-state index in [9.17, 15) is 0 Å². The van der Waals surface area contributed by atoms with Crippen LogP contribution in [0, 0.1) is 0 Å². The Morgan fingerprint density at radius 2 is 1.74 bits per heavy atom. The second kappa shape index (κ2) is 11.5. The fraction of sp³-hybridized carbons (Fsp3) is 0.760. The first-order chi connectivity index (χ1) is 15.0. The third kappa shape index (κ3) is 5.72. The molecule has 176 valence electrons. The predicted molar refractivity (Wildman–Crippen MR) is 128 cm³/mol. The van der Waals surface area contributed by atoms with E-state index in [-0.39, 0.29) is 0 Å². The average Bonchev–Trinajstić information content (AvgIpc) is 3.41. The van der Waals surface area contributed by atoms with Crippen LogP contribution in [0.1, 0.15) is 71.8 Å². The summed E-state index contributed by atoms with van der Waals surface area (Å²) >= 11 is 0. The Bertz CT molecular complexity index is 663. The first kappa shape index (κ1) is 24.3. The van der Waals surface area contributed by atoms with Crippen molar-refractivity contribution in [3.05, 3.63) is 23.8 Å². The maximum atomic E-state index is 5.43. The molecule has 6 atom stereocenters. The molecule has 0 radical (unpaired) electrons. The van der Waals surface area contributed by atoms with Gasteiger partial charge in [0.25, 0.3) is 0 Å². The molecule has 2 aliphatic heterocycles. The predicted octanol–water partition coefficient (Wildman–Crippen LogP) is 3.85. The number of ether oxygens (including phenoxy) is 2. The monoisotopic (exact) mass is 432 g/mol. The molecule has 2 fully saturated rings. The third-order valence-corrected chi connectivity index (χ3v) is 7.26. The molecule has 0 aliphatic carbocycles. The minimum Gasteiger partial charge on any atom is -0.497 e. The molecule has 6 heteroatoms. The molecule has 6 unspecified atom stereocenters. The molecule has 3 N–H and O–H groups in total. The number of nitrogens with one attached hydrogen (secondary N) is 3. The van der Waals surface area contributed by atoms with Gasteiger partial charge in [-0.2, -0.15) is 0 Å². The largest absolute Gasteiger partial charge is 0.497 e. The lowest BCUT2D eigenvalue weighted by atomic mass is 9.98. The van der Waals surface area contributed by atoms with Crippen molar-refractivity contribution in [2.45, 2.75) is 109 Å². The van der Waals surface area contributed by atoms with Crippen LogP contribution in [0.2, 0.25) is 0 Å². The summed E-state index contributed by atoms with van der Waals surface area (Å²) in [5, 5.41) is 4.00. The number of methoxy groups -OCH3 is 2. The maximum Gasteiger partial charge on any atom is 0.122 e. The van der Waals surface area contributed by atoms with Gasteiger partial charge in [0.2, 0.25) is 0 Å². The van der Waals surface area contributed by atoms with Gasteiger partial charge in [0.05, 0.1) is 26.4 Å². The summed E-state index contributed by atoms with van der Waals surface area (Å²) < 4.78 is 10.9. The second-order valence-corrected chi connectivity index (χ2v) is 9.27. The van der Waals surface area contributed by atoms with Crippen molar-refractivity contribution in [1.29, 1.82) is 0 Å². The number of hydrogen-bond donors (Lipinski definition) is 3. The van der Waals surface area contributed by atoms with E-state index in [1.165, 1.54) is 31.2 Å². The van der Waals surface area contributed by atoms with Crippen LogP contribution < -0.4 is 25.6 Å². The molecular formula is C25H44N4O2. The highest BCUT2D eigenvalue weighted by Gasteiger charge is 2.46. The fourth-order valence-corrected chi connectivity index (χ4v) is 5.40. The number of benzene rings is 1. The molecule has 0 saturated carbocycles. The van der Waals surface area contributed by atoms with Crippen LogP contribution in [0.3, 0.4) is 0 Å². The Hall–Kier alpha value is -1.34. The van der Waals surface area contributed by atoms with Crippen LogP contribution in [0.25, 0.3) is 0 Å². The van der Waals surface area contributed by atoms with E-state index < -0.39 is 0 Å². The molecule has 2 saturated heterocycles. The highest BCUT2D eigenvalue weighted by Crippen LogP contribution is 2.31. The quantitative estimate of drug-likeness (QED) is 0.494. The van der Waals surface area contributed by atoms with E-state index in [0.717, 1.165) is 30.8 Å². The Labute approximate surface area is 189 Å². The summed E-state index contributed by atoms with van der Waals surface area (Å²) in [5.74, 6) is 1.72. The molecular weight excluding hydrogens is 388 g/mol. The Morgan fingerprint density at radius 3 is 2.32 bits per heavy atom. The lowest BCUT2D eigenvalue weighted by Crippen LogP contribution is -2.54. The Balaban J connectivity index is 1.63. The smallest absolute Gasteiger partial charge is 0.122 e. The lowest BCUT2D eigenvalue weighted by molar-refractivity contribution is 0.0993. The Morgan fingerprint density at radius 1 is 1.03 bits per heavy atom. The summed E-state index contributed by atoms with van der Waals surface area (Å²) in [5.41, 5.74) is 8.49. The highest BCUT2D eigenvalue weighted by atomic mass is 16.5. The molecule has 3 rings (SSSR count). The van der Waals surface area contributed by atoms with Crippen molar-refractivity contribution in [2.24, 2.45) is 0 Å². The zero-order chi connectivity index (χ0) is 22.4. The van der Waals surface area contributed by atoms with E-state index in [1.807, 2.05) is 6.07 Å². The van der Waals surface area contributed by atoms with E-state index in [4.69, 9.17) is 9.47 Å². The van der Waals surface area contributed by atoms with E-state index in [2.05, 4.69) is 60.9 Å². The van der Waals surface area contributed by atoms with E-state index >= 15 is 0 Å².